The lowest BCUT2D eigenvalue weighted by atomic mass is 10.3. The lowest BCUT2D eigenvalue weighted by Crippen LogP contribution is -2.53. The van der Waals surface area contributed by atoms with E-state index >= 15 is 0 Å². The number of piperazine rings is 1. The summed E-state index contributed by atoms with van der Waals surface area (Å²) in [6, 6.07) is 7.22. The summed E-state index contributed by atoms with van der Waals surface area (Å²) in [5.74, 6) is 0.222. The standard InChI is InChI=1S/C15H17N3O3S/c19-14(13-4-1-9-21-13)17-5-7-18(8-6-17)15(20)16-11-12-3-2-10-22-12/h1-4,9-10H,5-8,11H2,(H,16,20). The third-order valence-corrected chi connectivity index (χ3v) is 4.46. The van der Waals surface area contributed by atoms with Crippen LogP contribution in [0.3, 0.4) is 0 Å². The van der Waals surface area contributed by atoms with Crippen molar-refractivity contribution >= 4 is 23.3 Å². The molecule has 2 aromatic rings. The average Bonchev–Trinajstić information content (AvgIpc) is 3.25. The summed E-state index contributed by atoms with van der Waals surface area (Å²) in [7, 11) is 0. The Balaban J connectivity index is 1.47. The molecule has 0 spiro atoms. The van der Waals surface area contributed by atoms with Crippen LogP contribution >= 0.6 is 11.3 Å². The fourth-order valence-corrected chi connectivity index (χ4v) is 3.00. The highest BCUT2D eigenvalue weighted by molar-refractivity contribution is 7.09. The predicted molar refractivity (Wildman–Crippen MR) is 82.7 cm³/mol. The molecule has 3 amide bonds. The molecule has 3 rings (SSSR count). The van der Waals surface area contributed by atoms with E-state index in [1.165, 1.54) is 6.26 Å². The van der Waals surface area contributed by atoms with Gasteiger partial charge in [0.1, 0.15) is 0 Å². The van der Waals surface area contributed by atoms with Crippen LogP contribution in [0.1, 0.15) is 15.4 Å². The Morgan fingerprint density at radius 2 is 1.91 bits per heavy atom. The Labute approximate surface area is 132 Å². The Hall–Kier alpha value is -2.28. The number of rotatable bonds is 3. The van der Waals surface area contributed by atoms with Crippen LogP contribution < -0.4 is 5.32 Å². The third-order valence-electron chi connectivity index (χ3n) is 3.58. The van der Waals surface area contributed by atoms with Gasteiger partial charge in [-0.05, 0) is 23.6 Å². The van der Waals surface area contributed by atoms with Gasteiger partial charge in [0.15, 0.2) is 5.76 Å². The van der Waals surface area contributed by atoms with Crippen molar-refractivity contribution in [2.75, 3.05) is 26.2 Å². The van der Waals surface area contributed by atoms with E-state index in [1.807, 2.05) is 17.5 Å². The normalized spacial score (nSPS) is 14.9. The maximum Gasteiger partial charge on any atom is 0.317 e. The minimum Gasteiger partial charge on any atom is -0.459 e. The summed E-state index contributed by atoms with van der Waals surface area (Å²) >= 11 is 1.62. The first-order chi connectivity index (χ1) is 10.7. The van der Waals surface area contributed by atoms with Gasteiger partial charge >= 0.3 is 6.03 Å². The monoisotopic (exact) mass is 319 g/mol. The lowest BCUT2D eigenvalue weighted by Gasteiger charge is -2.34. The molecular weight excluding hydrogens is 302 g/mol. The number of urea groups is 1. The van der Waals surface area contributed by atoms with E-state index in [0.717, 1.165) is 4.88 Å². The van der Waals surface area contributed by atoms with Crippen LogP contribution in [0.4, 0.5) is 4.79 Å². The Bertz CT molecular complexity index is 617. The number of hydrogen-bond acceptors (Lipinski definition) is 4. The van der Waals surface area contributed by atoms with E-state index in [4.69, 9.17) is 4.42 Å². The number of amides is 3. The summed E-state index contributed by atoms with van der Waals surface area (Å²) < 4.78 is 5.12. The van der Waals surface area contributed by atoms with Gasteiger partial charge in [0.2, 0.25) is 0 Å². The number of thiophene rings is 1. The van der Waals surface area contributed by atoms with Gasteiger partial charge in [-0.1, -0.05) is 6.07 Å². The van der Waals surface area contributed by atoms with Gasteiger partial charge in [0.25, 0.3) is 5.91 Å². The maximum absolute atomic E-state index is 12.1. The number of carbonyl (C=O) groups is 2. The number of furan rings is 1. The molecule has 1 aliphatic heterocycles. The Morgan fingerprint density at radius 1 is 1.14 bits per heavy atom. The van der Waals surface area contributed by atoms with E-state index in [2.05, 4.69) is 5.32 Å². The zero-order chi connectivity index (χ0) is 15.4. The summed E-state index contributed by atoms with van der Waals surface area (Å²) in [5.41, 5.74) is 0. The predicted octanol–water partition coefficient (Wildman–Crippen LogP) is 2.01. The molecule has 0 aliphatic carbocycles. The largest absolute Gasteiger partial charge is 0.459 e. The highest BCUT2D eigenvalue weighted by Crippen LogP contribution is 2.10. The number of carbonyl (C=O) groups excluding carboxylic acids is 2. The molecular formula is C15H17N3O3S. The average molecular weight is 319 g/mol. The molecule has 1 saturated heterocycles. The first-order valence-corrected chi connectivity index (χ1v) is 8.00. The topological polar surface area (TPSA) is 65.8 Å². The van der Waals surface area contributed by atoms with E-state index in [1.54, 1.807) is 33.3 Å². The van der Waals surface area contributed by atoms with Crippen LogP contribution in [0.2, 0.25) is 0 Å². The second-order valence-electron chi connectivity index (χ2n) is 4.99. The van der Waals surface area contributed by atoms with Crippen molar-refractivity contribution in [1.29, 1.82) is 0 Å². The number of hydrogen-bond donors (Lipinski definition) is 1. The molecule has 7 heteroatoms. The van der Waals surface area contributed by atoms with E-state index in [-0.39, 0.29) is 11.9 Å². The minimum absolute atomic E-state index is 0.0847. The van der Waals surface area contributed by atoms with Crippen LogP contribution in [-0.4, -0.2) is 47.9 Å². The van der Waals surface area contributed by atoms with Crippen molar-refractivity contribution in [2.45, 2.75) is 6.54 Å². The molecule has 6 nitrogen and oxygen atoms in total. The van der Waals surface area contributed by atoms with Gasteiger partial charge < -0.3 is 19.5 Å². The maximum atomic E-state index is 12.1. The van der Waals surface area contributed by atoms with Crippen molar-refractivity contribution in [1.82, 2.24) is 15.1 Å². The molecule has 3 heterocycles. The molecule has 1 fully saturated rings. The molecule has 0 saturated carbocycles. The van der Waals surface area contributed by atoms with Crippen LogP contribution in [0.15, 0.2) is 40.3 Å². The zero-order valence-electron chi connectivity index (χ0n) is 12.0. The summed E-state index contributed by atoms with van der Waals surface area (Å²) in [6.07, 6.45) is 1.49. The fraction of sp³-hybridized carbons (Fsp3) is 0.333. The second-order valence-corrected chi connectivity index (χ2v) is 6.03. The van der Waals surface area contributed by atoms with E-state index in [0.29, 0.717) is 38.5 Å². The Kier molecular flexibility index (Phi) is 4.43. The molecule has 22 heavy (non-hydrogen) atoms. The minimum atomic E-state index is -0.122. The highest BCUT2D eigenvalue weighted by atomic mass is 32.1. The molecule has 0 bridgehead atoms. The van der Waals surface area contributed by atoms with Crippen molar-refractivity contribution < 1.29 is 14.0 Å². The van der Waals surface area contributed by atoms with E-state index < -0.39 is 0 Å². The SMILES string of the molecule is O=C(NCc1cccs1)N1CCN(C(=O)c2ccco2)CC1. The molecule has 116 valence electrons. The second kappa shape index (κ2) is 6.65. The van der Waals surface area contributed by atoms with Gasteiger partial charge in [-0.25, -0.2) is 4.79 Å². The van der Waals surface area contributed by atoms with Gasteiger partial charge in [0.05, 0.1) is 12.8 Å². The van der Waals surface area contributed by atoms with Crippen molar-refractivity contribution in [3.63, 3.8) is 0 Å². The first-order valence-electron chi connectivity index (χ1n) is 7.12. The van der Waals surface area contributed by atoms with Gasteiger partial charge in [-0.15, -0.1) is 11.3 Å². The Morgan fingerprint density at radius 3 is 2.55 bits per heavy atom. The third kappa shape index (κ3) is 3.30. The quantitative estimate of drug-likeness (QED) is 0.941. The van der Waals surface area contributed by atoms with Crippen molar-refractivity contribution in [3.05, 3.63) is 46.5 Å². The molecule has 0 unspecified atom stereocenters. The van der Waals surface area contributed by atoms with Crippen LogP contribution in [0.25, 0.3) is 0 Å². The van der Waals surface area contributed by atoms with Gasteiger partial charge in [0, 0.05) is 31.1 Å². The smallest absolute Gasteiger partial charge is 0.317 e. The summed E-state index contributed by atoms with van der Waals surface area (Å²) in [4.78, 5) is 28.8. The molecule has 0 radical (unpaired) electrons. The summed E-state index contributed by atoms with van der Waals surface area (Å²) in [6.45, 7) is 2.64. The van der Waals surface area contributed by atoms with Crippen LogP contribution in [0.5, 0.6) is 0 Å². The van der Waals surface area contributed by atoms with E-state index in [9.17, 15) is 9.59 Å². The van der Waals surface area contributed by atoms with Crippen LogP contribution in [-0.2, 0) is 6.54 Å². The molecule has 1 aliphatic rings. The highest BCUT2D eigenvalue weighted by Gasteiger charge is 2.25. The lowest BCUT2D eigenvalue weighted by molar-refractivity contribution is 0.0634. The fourth-order valence-electron chi connectivity index (χ4n) is 2.36. The number of nitrogens with zero attached hydrogens (tertiary/aromatic N) is 2. The molecule has 0 atom stereocenters. The zero-order valence-corrected chi connectivity index (χ0v) is 12.8. The van der Waals surface area contributed by atoms with Gasteiger partial charge in [-0.3, -0.25) is 4.79 Å². The molecule has 2 aromatic heterocycles. The summed E-state index contributed by atoms with van der Waals surface area (Å²) in [5, 5.41) is 4.89. The van der Waals surface area contributed by atoms with Crippen molar-refractivity contribution in [2.24, 2.45) is 0 Å². The van der Waals surface area contributed by atoms with Gasteiger partial charge in [-0.2, -0.15) is 0 Å². The number of nitrogens with one attached hydrogen (secondary N) is 1. The van der Waals surface area contributed by atoms with Crippen LogP contribution in [0, 0.1) is 0 Å². The molecule has 0 aromatic carbocycles. The van der Waals surface area contributed by atoms with Crippen molar-refractivity contribution in [3.8, 4) is 0 Å². The first kappa shape index (κ1) is 14.6. The molecule has 1 N–H and O–H groups in total.